The van der Waals surface area contributed by atoms with Crippen LogP contribution in [0, 0.1) is 41.4 Å². The van der Waals surface area contributed by atoms with Crippen molar-refractivity contribution in [3.8, 4) is 0 Å². The zero-order valence-electron chi connectivity index (χ0n) is 72.2. The Hall–Kier alpha value is -7.01. The van der Waals surface area contributed by atoms with Gasteiger partial charge in [-0.1, -0.05) is 109 Å². The molecule has 0 spiro atoms. The van der Waals surface area contributed by atoms with E-state index < -0.39 is 249 Å². The van der Waals surface area contributed by atoms with Gasteiger partial charge in [0.25, 0.3) is 28.9 Å². The molecule has 27 N–H and O–H groups in total. The molecule has 45 heteroatoms. The first-order valence-electron chi connectivity index (χ1n) is 41.4. The van der Waals surface area contributed by atoms with Gasteiger partial charge in [0, 0.05) is 127 Å². The molecule has 45 nitrogen and oxygen atoms in total. The molecule has 125 heavy (non-hydrogen) atoms. The minimum Gasteiger partial charge on any atom is -0.477 e. The Morgan fingerprint density at radius 3 is 0.840 bits per heavy atom. The molecule has 5 fully saturated rings. The van der Waals surface area contributed by atoms with Crippen LogP contribution in [0.2, 0.25) is 0 Å². The molecule has 31 atom stereocenters. The molecule has 726 valence electrons. The fourth-order valence-electron chi connectivity index (χ4n) is 14.8. The maximum Gasteiger partial charge on any atom is 0.364 e. The number of carboxylic acid groups (broad SMARTS) is 5. The number of aliphatic carboxylic acids is 5. The van der Waals surface area contributed by atoms with Gasteiger partial charge in [-0.05, 0) is 32.1 Å². The minimum absolute atomic E-state index is 0. The Bertz CT molecular complexity index is 3290. The standard InChI is InChI=1S/C17H30N2O9.2C16H28O9.2C15H25NO7.CH4/c1-4-5-8(2)15(24)18-7-11(22)13(23)14-12(19-9(3)20)10(21)6-17(27,28-14)16(25)26;2*1-3-4-8(2)10(18)5-9-11(19)6-16(24,15(22)23)25-14(9)13(21)12(20)7-17;2*1-4-5-8(2)10(18)6-12-13(16-9(3)17)11(19)7-15(22,23-12)14(20)21;/h8,10-14,21-23,27H,4-7H2,1-3H3,(H,18,24)(H,19,20)(H,25,26);2*8-9,11-14,17,19-21,24H,3-7H2,1-2H3,(H,22,23);2*8,11-13,19,22H,4-7H2,1-3H3,(H,16,17)(H,20,21);1H4. The lowest BCUT2D eigenvalue weighted by Crippen LogP contribution is -2.67. The maximum atomic E-state index is 12.3. The van der Waals surface area contributed by atoms with Gasteiger partial charge in [-0.3, -0.25) is 38.4 Å². The summed E-state index contributed by atoms with van der Waals surface area (Å²) in [6.45, 7) is 19.9. The second-order valence-electron chi connectivity index (χ2n) is 32.8. The van der Waals surface area contributed by atoms with Gasteiger partial charge in [0.15, 0.2) is 0 Å². The number of carboxylic acids is 5. The highest BCUT2D eigenvalue weighted by Gasteiger charge is 2.59. The number of aliphatic hydroxyl groups excluding tert-OH is 13. The van der Waals surface area contributed by atoms with Gasteiger partial charge in [-0.2, -0.15) is 0 Å². The van der Waals surface area contributed by atoms with Crippen LogP contribution in [0.4, 0.5) is 0 Å². The lowest BCUT2D eigenvalue weighted by molar-refractivity contribution is -0.304. The predicted molar refractivity (Wildman–Crippen MR) is 429 cm³/mol. The molecule has 5 saturated heterocycles. The summed E-state index contributed by atoms with van der Waals surface area (Å²) < 4.78 is 25.5. The van der Waals surface area contributed by atoms with Gasteiger partial charge in [0.2, 0.25) is 23.6 Å². The van der Waals surface area contributed by atoms with Gasteiger partial charge in [-0.15, -0.1) is 0 Å². The Morgan fingerprint density at radius 1 is 0.344 bits per heavy atom. The first kappa shape index (κ1) is 118. The van der Waals surface area contributed by atoms with Gasteiger partial charge < -0.3 is 162 Å². The van der Waals surface area contributed by atoms with E-state index in [1.54, 1.807) is 34.6 Å². The van der Waals surface area contributed by atoms with Crippen LogP contribution >= 0.6 is 0 Å². The number of hydrogen-bond acceptors (Lipinski definition) is 36. The maximum absolute atomic E-state index is 12.3. The second-order valence-corrected chi connectivity index (χ2v) is 32.8. The molecule has 5 heterocycles. The molecular weight excluding hydrogens is 1670 g/mol. The van der Waals surface area contributed by atoms with Gasteiger partial charge in [-0.25, -0.2) is 24.0 Å². The van der Waals surface area contributed by atoms with E-state index in [2.05, 4.69) is 21.3 Å². The number of carbonyl (C=O) groups is 13. The van der Waals surface area contributed by atoms with E-state index in [-0.39, 0.29) is 98.3 Å². The molecule has 31 unspecified atom stereocenters. The number of rotatable bonds is 41. The minimum atomic E-state index is -2.81. The van der Waals surface area contributed by atoms with E-state index in [4.69, 9.17) is 59.4 Å². The molecule has 0 aliphatic carbocycles. The highest BCUT2D eigenvalue weighted by atomic mass is 16.7. The summed E-state index contributed by atoms with van der Waals surface area (Å²) in [7, 11) is 0. The third kappa shape index (κ3) is 35.4. The van der Waals surface area contributed by atoms with Crippen molar-refractivity contribution in [1.29, 1.82) is 0 Å². The van der Waals surface area contributed by atoms with Crippen LogP contribution in [-0.2, 0) is 86.0 Å². The summed E-state index contributed by atoms with van der Waals surface area (Å²) in [5.74, 6) is -28.1. The topological polar surface area (TPSA) is 781 Å². The van der Waals surface area contributed by atoms with Crippen molar-refractivity contribution in [2.75, 3.05) is 19.8 Å². The van der Waals surface area contributed by atoms with Crippen molar-refractivity contribution in [3.05, 3.63) is 0 Å². The van der Waals surface area contributed by atoms with Crippen molar-refractivity contribution in [2.45, 2.75) is 364 Å². The van der Waals surface area contributed by atoms with Crippen LogP contribution < -0.4 is 21.3 Å². The largest absolute Gasteiger partial charge is 0.477 e. The molecule has 0 bridgehead atoms. The lowest BCUT2D eigenvalue weighted by Gasteiger charge is -2.44. The quantitative estimate of drug-likeness (QED) is 0.0273. The smallest absolute Gasteiger partial charge is 0.364 e. The molecule has 0 radical (unpaired) electrons. The summed E-state index contributed by atoms with van der Waals surface area (Å²) >= 11 is 0. The molecule has 0 aromatic rings. The van der Waals surface area contributed by atoms with Crippen LogP contribution in [0.15, 0.2) is 0 Å². The van der Waals surface area contributed by atoms with Crippen molar-refractivity contribution >= 4 is 76.6 Å². The van der Waals surface area contributed by atoms with E-state index >= 15 is 0 Å². The number of Topliss-reactive ketones (excluding diaryl/α,β-unsaturated/α-hetero) is 4. The lowest BCUT2D eigenvalue weighted by atomic mass is 9.78. The van der Waals surface area contributed by atoms with Crippen LogP contribution in [0.25, 0.3) is 0 Å². The number of aliphatic hydroxyl groups is 18. The van der Waals surface area contributed by atoms with E-state index in [0.29, 0.717) is 32.1 Å². The van der Waals surface area contributed by atoms with Gasteiger partial charge >= 0.3 is 29.8 Å². The van der Waals surface area contributed by atoms with Crippen LogP contribution in [0.1, 0.15) is 219 Å². The normalized spacial score (nSPS) is 32.1. The number of nitrogens with one attached hydrogen (secondary N) is 4. The number of ether oxygens (including phenoxy) is 5. The average molecular weight is 1810 g/mol. The molecule has 5 aliphatic rings. The Morgan fingerprint density at radius 2 is 0.576 bits per heavy atom. The van der Waals surface area contributed by atoms with E-state index in [1.165, 1.54) is 13.8 Å². The predicted octanol–water partition coefficient (Wildman–Crippen LogP) is -4.79. The molecule has 5 aliphatic heterocycles. The van der Waals surface area contributed by atoms with Gasteiger partial charge in [0.05, 0.1) is 92.4 Å². The van der Waals surface area contributed by atoms with E-state index in [0.717, 1.165) is 39.0 Å². The fourth-order valence-corrected chi connectivity index (χ4v) is 14.8. The summed E-state index contributed by atoms with van der Waals surface area (Å²) in [5.41, 5.74) is 0. The summed E-state index contributed by atoms with van der Waals surface area (Å²) in [6.07, 6.45) is -21.3. The Kier molecular flexibility index (Phi) is 50.8. The SMILES string of the molecule is C.CCCC(C)C(=O)CC1C(O)CC(O)(C(=O)O)OC1C(O)C(O)CO.CCCC(C)C(=O)CC1C(O)CC(O)(C(=O)O)OC1C(O)C(O)CO.CCCC(C)C(=O)CC1OC(O)(C(=O)O)CC(O)C1NC(C)=O.CCCC(C)C(=O)CC1OC(O)(C(=O)O)CC(O)C1NC(C)=O.CCCC(C)C(=O)NCC(O)C(O)C1OC(O)(C(=O)O)CC(O)C1NC(C)=O. The Labute approximate surface area is 724 Å². The van der Waals surface area contributed by atoms with Crippen LogP contribution in [0.3, 0.4) is 0 Å². The molecular formula is C80H140N4O41. The number of ketones is 4. The fraction of sp³-hybridized carbons (Fsp3) is 0.838. The first-order valence-corrected chi connectivity index (χ1v) is 41.4. The number of amides is 4. The molecule has 0 aromatic carbocycles. The molecule has 0 saturated carbocycles. The number of hydrogen-bond donors (Lipinski definition) is 27. The van der Waals surface area contributed by atoms with Crippen molar-refractivity contribution < 1.29 is 203 Å². The zero-order valence-corrected chi connectivity index (χ0v) is 72.2. The molecule has 0 aromatic heterocycles. The highest BCUT2D eigenvalue weighted by molar-refractivity contribution is 5.84. The number of carbonyl (C=O) groups excluding carboxylic acids is 8. The summed E-state index contributed by atoms with van der Waals surface area (Å²) in [5, 5.41) is 234. The van der Waals surface area contributed by atoms with Crippen LogP contribution in [0.5, 0.6) is 0 Å². The second kappa shape index (κ2) is 53.8. The monoisotopic (exact) mass is 1810 g/mol. The van der Waals surface area contributed by atoms with Crippen LogP contribution in [-0.4, -0.2) is 359 Å². The zero-order chi connectivity index (χ0) is 95.9. The van der Waals surface area contributed by atoms with Crippen molar-refractivity contribution in [2.24, 2.45) is 41.4 Å². The third-order valence-electron chi connectivity index (χ3n) is 22.1. The summed E-state index contributed by atoms with van der Waals surface area (Å²) in [6, 6.07) is -3.19. The third-order valence-corrected chi connectivity index (χ3v) is 22.1. The average Bonchev–Trinajstić information content (AvgIpc) is 0.772. The van der Waals surface area contributed by atoms with E-state index in [9.17, 15) is 144 Å². The van der Waals surface area contributed by atoms with Crippen molar-refractivity contribution in [3.63, 3.8) is 0 Å². The van der Waals surface area contributed by atoms with E-state index in [1.807, 2.05) is 34.6 Å². The van der Waals surface area contributed by atoms with Gasteiger partial charge in [0.1, 0.15) is 59.8 Å². The summed E-state index contributed by atoms with van der Waals surface area (Å²) in [4.78, 5) is 151. The molecule has 5 rings (SSSR count). The van der Waals surface area contributed by atoms with Crippen molar-refractivity contribution in [1.82, 2.24) is 21.3 Å². The first-order chi connectivity index (χ1) is 57.3. The Balaban J connectivity index is 0.00000154. The molecule has 4 amide bonds. The highest BCUT2D eigenvalue weighted by Crippen LogP contribution is 2.40.